The third kappa shape index (κ3) is 3.64. The Balaban J connectivity index is 2.71. The summed E-state index contributed by atoms with van der Waals surface area (Å²) in [6.07, 6.45) is 4.01. The first kappa shape index (κ1) is 13.3. The molecule has 0 radical (unpaired) electrons. The molecule has 16 heavy (non-hydrogen) atoms. The minimum absolute atomic E-state index is 0.811. The fourth-order valence-corrected chi connectivity index (χ4v) is 1.81. The summed E-state index contributed by atoms with van der Waals surface area (Å²) in [6.45, 7) is 3.83. The van der Waals surface area contributed by atoms with Crippen LogP contribution in [0.25, 0.3) is 0 Å². The summed E-state index contributed by atoms with van der Waals surface area (Å²) < 4.78 is 0. The van der Waals surface area contributed by atoms with E-state index in [1.807, 2.05) is 39.0 Å². The molecule has 0 amide bonds. The third-order valence-electron chi connectivity index (χ3n) is 2.41. The van der Waals surface area contributed by atoms with Gasteiger partial charge in [-0.2, -0.15) is 11.8 Å². The highest BCUT2D eigenvalue weighted by molar-refractivity contribution is 7.98. The molecular formula is C11H20N4S. The van der Waals surface area contributed by atoms with Crippen LogP contribution in [-0.4, -0.2) is 42.6 Å². The van der Waals surface area contributed by atoms with Crippen LogP contribution >= 0.6 is 11.8 Å². The van der Waals surface area contributed by atoms with Crippen LogP contribution in [0.1, 0.15) is 11.3 Å². The summed E-state index contributed by atoms with van der Waals surface area (Å²) in [5.41, 5.74) is 2.21. The SMILES string of the molecule is CNCc1cnc(N(C)CCSC)nc1C. The second-order valence-electron chi connectivity index (χ2n) is 3.73. The van der Waals surface area contributed by atoms with Crippen molar-refractivity contribution in [3.8, 4) is 0 Å². The van der Waals surface area contributed by atoms with E-state index in [1.54, 1.807) is 0 Å². The number of nitrogens with zero attached hydrogens (tertiary/aromatic N) is 3. The highest BCUT2D eigenvalue weighted by Gasteiger charge is 2.06. The first-order chi connectivity index (χ1) is 7.69. The van der Waals surface area contributed by atoms with Crippen LogP contribution in [0, 0.1) is 6.92 Å². The van der Waals surface area contributed by atoms with Crippen LogP contribution in [0.2, 0.25) is 0 Å². The average Bonchev–Trinajstić information content (AvgIpc) is 2.29. The Labute approximate surface area is 102 Å². The lowest BCUT2D eigenvalue weighted by Gasteiger charge is -2.17. The number of rotatable bonds is 6. The van der Waals surface area contributed by atoms with Crippen molar-refractivity contribution >= 4 is 17.7 Å². The largest absolute Gasteiger partial charge is 0.343 e. The van der Waals surface area contributed by atoms with Gasteiger partial charge in [-0.3, -0.25) is 0 Å². The van der Waals surface area contributed by atoms with Gasteiger partial charge in [0, 0.05) is 43.3 Å². The van der Waals surface area contributed by atoms with Crippen LogP contribution in [0.4, 0.5) is 5.95 Å². The summed E-state index contributed by atoms with van der Waals surface area (Å²) in [7, 11) is 3.96. The molecule has 0 saturated carbocycles. The van der Waals surface area contributed by atoms with Gasteiger partial charge in [0.15, 0.2) is 0 Å². The minimum Gasteiger partial charge on any atom is -0.343 e. The summed E-state index contributed by atoms with van der Waals surface area (Å²) in [5.74, 6) is 1.91. The minimum atomic E-state index is 0.811. The molecule has 0 aliphatic rings. The van der Waals surface area contributed by atoms with Crippen molar-refractivity contribution in [1.82, 2.24) is 15.3 Å². The highest BCUT2D eigenvalue weighted by Crippen LogP contribution is 2.10. The van der Waals surface area contributed by atoms with Gasteiger partial charge in [0.2, 0.25) is 5.95 Å². The molecule has 0 atom stereocenters. The molecule has 1 heterocycles. The molecule has 0 unspecified atom stereocenters. The lowest BCUT2D eigenvalue weighted by Crippen LogP contribution is -2.23. The molecule has 90 valence electrons. The summed E-state index contributed by atoms with van der Waals surface area (Å²) >= 11 is 1.83. The Morgan fingerprint density at radius 3 is 2.81 bits per heavy atom. The van der Waals surface area contributed by atoms with Gasteiger partial charge in [0.1, 0.15) is 0 Å². The molecule has 1 aromatic rings. The lowest BCUT2D eigenvalue weighted by atomic mass is 10.2. The highest BCUT2D eigenvalue weighted by atomic mass is 32.2. The molecule has 0 spiro atoms. The molecule has 1 aromatic heterocycles. The predicted octanol–water partition coefficient (Wildman–Crippen LogP) is 1.30. The van der Waals surface area contributed by atoms with E-state index in [2.05, 4.69) is 26.4 Å². The van der Waals surface area contributed by atoms with E-state index in [1.165, 1.54) is 0 Å². The van der Waals surface area contributed by atoms with Crippen molar-refractivity contribution in [3.05, 3.63) is 17.5 Å². The van der Waals surface area contributed by atoms with Crippen LogP contribution in [0.3, 0.4) is 0 Å². The summed E-state index contributed by atoms with van der Waals surface area (Å²) in [4.78, 5) is 11.0. The maximum Gasteiger partial charge on any atom is 0.225 e. The van der Waals surface area contributed by atoms with Gasteiger partial charge < -0.3 is 10.2 Å². The van der Waals surface area contributed by atoms with Crippen molar-refractivity contribution < 1.29 is 0 Å². The van der Waals surface area contributed by atoms with Gasteiger partial charge in [-0.1, -0.05) is 0 Å². The van der Waals surface area contributed by atoms with Crippen LogP contribution in [0.5, 0.6) is 0 Å². The Morgan fingerprint density at radius 2 is 2.25 bits per heavy atom. The lowest BCUT2D eigenvalue weighted by molar-refractivity contribution is 0.790. The summed E-state index contributed by atoms with van der Waals surface area (Å²) in [6, 6.07) is 0. The second-order valence-corrected chi connectivity index (χ2v) is 4.71. The predicted molar refractivity (Wildman–Crippen MR) is 71.2 cm³/mol. The second kappa shape index (κ2) is 6.70. The Hall–Kier alpha value is -0.810. The monoisotopic (exact) mass is 240 g/mol. The molecule has 0 fully saturated rings. The maximum absolute atomic E-state index is 4.51. The van der Waals surface area contributed by atoms with Gasteiger partial charge in [-0.25, -0.2) is 9.97 Å². The fraction of sp³-hybridized carbons (Fsp3) is 0.636. The van der Waals surface area contributed by atoms with Crippen LogP contribution in [0.15, 0.2) is 6.20 Å². The van der Waals surface area contributed by atoms with Crippen LogP contribution < -0.4 is 10.2 Å². The zero-order valence-corrected chi connectivity index (χ0v) is 11.3. The van der Waals surface area contributed by atoms with Crippen molar-refractivity contribution in [2.24, 2.45) is 0 Å². The Kier molecular flexibility index (Phi) is 5.55. The average molecular weight is 240 g/mol. The van der Waals surface area contributed by atoms with Gasteiger partial charge in [-0.15, -0.1) is 0 Å². The first-order valence-corrected chi connectivity index (χ1v) is 6.75. The van der Waals surface area contributed by atoms with Gasteiger partial charge >= 0.3 is 0 Å². The standard InChI is InChI=1S/C11H20N4S/c1-9-10(7-12-2)8-13-11(14-9)15(3)5-6-16-4/h8,12H,5-7H2,1-4H3. The maximum atomic E-state index is 4.51. The van der Waals surface area contributed by atoms with E-state index in [9.17, 15) is 0 Å². The van der Waals surface area contributed by atoms with Crippen molar-refractivity contribution in [2.75, 3.05) is 37.5 Å². The number of aryl methyl sites for hydroxylation is 1. The zero-order valence-electron chi connectivity index (χ0n) is 10.4. The van der Waals surface area contributed by atoms with E-state index in [0.717, 1.165) is 36.0 Å². The molecule has 0 bridgehead atoms. The number of hydrogen-bond donors (Lipinski definition) is 1. The van der Waals surface area contributed by atoms with Crippen molar-refractivity contribution in [1.29, 1.82) is 0 Å². The van der Waals surface area contributed by atoms with E-state index < -0.39 is 0 Å². The number of hydrogen-bond acceptors (Lipinski definition) is 5. The zero-order chi connectivity index (χ0) is 12.0. The Bertz CT molecular complexity index is 330. The van der Waals surface area contributed by atoms with E-state index in [4.69, 9.17) is 0 Å². The molecule has 0 saturated heterocycles. The van der Waals surface area contributed by atoms with Crippen molar-refractivity contribution in [2.45, 2.75) is 13.5 Å². The third-order valence-corrected chi connectivity index (χ3v) is 3.00. The van der Waals surface area contributed by atoms with Gasteiger partial charge in [-0.05, 0) is 20.2 Å². The topological polar surface area (TPSA) is 41.1 Å². The van der Waals surface area contributed by atoms with E-state index >= 15 is 0 Å². The van der Waals surface area contributed by atoms with E-state index in [-0.39, 0.29) is 0 Å². The smallest absolute Gasteiger partial charge is 0.225 e. The number of thioether (sulfide) groups is 1. The van der Waals surface area contributed by atoms with Gasteiger partial charge in [0.05, 0.1) is 0 Å². The number of nitrogens with one attached hydrogen (secondary N) is 1. The van der Waals surface area contributed by atoms with E-state index in [0.29, 0.717) is 0 Å². The van der Waals surface area contributed by atoms with Gasteiger partial charge in [0.25, 0.3) is 0 Å². The molecule has 4 nitrogen and oxygen atoms in total. The molecule has 0 aromatic carbocycles. The van der Waals surface area contributed by atoms with Crippen LogP contribution in [-0.2, 0) is 6.54 Å². The van der Waals surface area contributed by atoms with Crippen molar-refractivity contribution in [3.63, 3.8) is 0 Å². The molecule has 5 heteroatoms. The quantitative estimate of drug-likeness (QED) is 0.812. The molecular weight excluding hydrogens is 220 g/mol. The summed E-state index contributed by atoms with van der Waals surface area (Å²) in [5, 5.41) is 3.11. The molecule has 0 aliphatic heterocycles. The molecule has 0 aliphatic carbocycles. The molecule has 1 rings (SSSR count). The number of anilines is 1. The fourth-order valence-electron chi connectivity index (χ4n) is 1.36. The molecule has 1 N–H and O–H groups in total. The number of aromatic nitrogens is 2. The normalized spacial score (nSPS) is 10.5. The Morgan fingerprint density at radius 1 is 1.50 bits per heavy atom. The first-order valence-electron chi connectivity index (χ1n) is 5.36.